The lowest BCUT2D eigenvalue weighted by Crippen LogP contribution is -2.18. The molecule has 0 aromatic carbocycles. The summed E-state index contributed by atoms with van der Waals surface area (Å²) in [6, 6.07) is 0. The van der Waals surface area contributed by atoms with Gasteiger partial charge in [-0.25, -0.2) is 4.98 Å². The van der Waals surface area contributed by atoms with E-state index in [1.807, 2.05) is 29.4 Å². The minimum atomic E-state index is 0.202. The maximum atomic E-state index is 12.0. The standard InChI is InChI=1S/C10H14N2OS/c1-2-12-5-4-11-10(12)9(13)8-3-6-14-7-8/h4-5,8H,2-3,6-7H2,1H3. The molecule has 2 rings (SSSR count). The number of thioether (sulfide) groups is 1. The lowest BCUT2D eigenvalue weighted by Gasteiger charge is -2.07. The van der Waals surface area contributed by atoms with E-state index in [-0.39, 0.29) is 11.7 Å². The van der Waals surface area contributed by atoms with Crippen molar-refractivity contribution in [3.8, 4) is 0 Å². The summed E-state index contributed by atoms with van der Waals surface area (Å²) in [4.78, 5) is 16.1. The summed E-state index contributed by atoms with van der Waals surface area (Å²) in [6.45, 7) is 2.85. The largest absolute Gasteiger partial charge is 0.329 e. The third kappa shape index (κ3) is 1.71. The molecule has 0 spiro atoms. The van der Waals surface area contributed by atoms with Crippen molar-refractivity contribution >= 4 is 17.5 Å². The minimum absolute atomic E-state index is 0.202. The molecule has 0 N–H and O–H groups in total. The Labute approximate surface area is 87.9 Å². The van der Waals surface area contributed by atoms with Crippen LogP contribution >= 0.6 is 11.8 Å². The Hall–Kier alpha value is -0.770. The SMILES string of the molecule is CCn1ccnc1C(=O)C1CCSC1. The zero-order valence-electron chi connectivity index (χ0n) is 8.27. The first kappa shape index (κ1) is 9.77. The molecule has 14 heavy (non-hydrogen) atoms. The van der Waals surface area contributed by atoms with E-state index in [0.717, 1.165) is 24.5 Å². The Morgan fingerprint density at radius 3 is 3.29 bits per heavy atom. The Bertz CT molecular complexity index is 329. The van der Waals surface area contributed by atoms with Crippen molar-refractivity contribution < 1.29 is 4.79 Å². The highest BCUT2D eigenvalue weighted by Crippen LogP contribution is 2.26. The van der Waals surface area contributed by atoms with Crippen molar-refractivity contribution in [3.63, 3.8) is 0 Å². The van der Waals surface area contributed by atoms with Crippen LogP contribution in [-0.4, -0.2) is 26.8 Å². The van der Waals surface area contributed by atoms with E-state index in [0.29, 0.717) is 5.82 Å². The summed E-state index contributed by atoms with van der Waals surface area (Å²) in [5.74, 6) is 3.15. The van der Waals surface area contributed by atoms with Crippen molar-refractivity contribution in [3.05, 3.63) is 18.2 Å². The van der Waals surface area contributed by atoms with Crippen LogP contribution < -0.4 is 0 Å². The molecule has 0 aliphatic carbocycles. The van der Waals surface area contributed by atoms with Crippen LogP contribution in [0.3, 0.4) is 0 Å². The van der Waals surface area contributed by atoms with Crippen LogP contribution in [0.1, 0.15) is 24.0 Å². The van der Waals surface area contributed by atoms with Crippen molar-refractivity contribution in [1.82, 2.24) is 9.55 Å². The van der Waals surface area contributed by atoms with E-state index >= 15 is 0 Å². The zero-order valence-corrected chi connectivity index (χ0v) is 9.09. The molecular weight excluding hydrogens is 196 g/mol. The van der Waals surface area contributed by atoms with Crippen LogP contribution in [0.15, 0.2) is 12.4 Å². The van der Waals surface area contributed by atoms with Crippen LogP contribution in [0.25, 0.3) is 0 Å². The van der Waals surface area contributed by atoms with Gasteiger partial charge in [0.05, 0.1) is 0 Å². The number of rotatable bonds is 3. The highest BCUT2D eigenvalue weighted by molar-refractivity contribution is 7.99. The molecule has 0 radical (unpaired) electrons. The predicted octanol–water partition coefficient (Wildman–Crippen LogP) is 1.84. The molecular formula is C10H14N2OS. The summed E-state index contributed by atoms with van der Waals surface area (Å²) < 4.78 is 1.92. The van der Waals surface area contributed by atoms with E-state index in [2.05, 4.69) is 4.98 Å². The van der Waals surface area contributed by atoms with Gasteiger partial charge in [-0.15, -0.1) is 0 Å². The summed E-state index contributed by atoms with van der Waals surface area (Å²) in [5.41, 5.74) is 0. The molecule has 1 aromatic rings. The second-order valence-electron chi connectivity index (χ2n) is 3.46. The number of aromatic nitrogens is 2. The van der Waals surface area contributed by atoms with Crippen LogP contribution in [0, 0.1) is 5.92 Å². The molecule has 1 aliphatic heterocycles. The smallest absolute Gasteiger partial charge is 0.202 e. The number of nitrogens with zero attached hydrogens (tertiary/aromatic N) is 2. The van der Waals surface area contributed by atoms with Crippen LogP contribution in [0.5, 0.6) is 0 Å². The second-order valence-corrected chi connectivity index (χ2v) is 4.61. The first-order chi connectivity index (χ1) is 6.83. The van der Waals surface area contributed by atoms with Crippen molar-refractivity contribution in [2.24, 2.45) is 5.92 Å². The normalized spacial score (nSPS) is 21.4. The summed E-state index contributed by atoms with van der Waals surface area (Å²) >= 11 is 1.86. The molecule has 76 valence electrons. The van der Waals surface area contributed by atoms with Gasteiger partial charge in [0.15, 0.2) is 5.82 Å². The third-order valence-electron chi connectivity index (χ3n) is 2.58. The maximum absolute atomic E-state index is 12.0. The molecule has 1 fully saturated rings. The average molecular weight is 210 g/mol. The fraction of sp³-hybridized carbons (Fsp3) is 0.600. The van der Waals surface area contributed by atoms with Gasteiger partial charge >= 0.3 is 0 Å². The minimum Gasteiger partial charge on any atom is -0.329 e. The molecule has 1 saturated heterocycles. The molecule has 0 bridgehead atoms. The fourth-order valence-corrected chi connectivity index (χ4v) is 2.93. The highest BCUT2D eigenvalue weighted by Gasteiger charge is 2.26. The van der Waals surface area contributed by atoms with E-state index in [1.165, 1.54) is 0 Å². The molecule has 2 heterocycles. The molecule has 1 aromatic heterocycles. The number of carbonyl (C=O) groups is 1. The highest BCUT2D eigenvalue weighted by atomic mass is 32.2. The first-order valence-corrected chi connectivity index (χ1v) is 6.11. The lowest BCUT2D eigenvalue weighted by atomic mass is 10.0. The van der Waals surface area contributed by atoms with Crippen LogP contribution in [-0.2, 0) is 6.54 Å². The van der Waals surface area contributed by atoms with Crippen LogP contribution in [0.4, 0.5) is 0 Å². The third-order valence-corrected chi connectivity index (χ3v) is 3.74. The molecule has 1 atom stereocenters. The molecule has 0 amide bonds. The van der Waals surface area contributed by atoms with Gasteiger partial charge in [-0.05, 0) is 19.1 Å². The quantitative estimate of drug-likeness (QED) is 0.714. The van der Waals surface area contributed by atoms with Gasteiger partial charge in [0.25, 0.3) is 0 Å². The van der Waals surface area contributed by atoms with Gasteiger partial charge in [-0.2, -0.15) is 11.8 Å². The Balaban J connectivity index is 2.17. The van der Waals surface area contributed by atoms with Crippen molar-refractivity contribution in [2.75, 3.05) is 11.5 Å². The number of hydrogen-bond acceptors (Lipinski definition) is 3. The number of aryl methyl sites for hydroxylation is 1. The molecule has 3 nitrogen and oxygen atoms in total. The predicted molar refractivity (Wildman–Crippen MR) is 57.7 cm³/mol. The van der Waals surface area contributed by atoms with Crippen molar-refractivity contribution in [1.29, 1.82) is 0 Å². The van der Waals surface area contributed by atoms with Gasteiger partial charge in [0.1, 0.15) is 0 Å². The summed E-state index contributed by atoms with van der Waals surface area (Å²) in [6.07, 6.45) is 4.59. The van der Waals surface area contributed by atoms with E-state index in [1.54, 1.807) is 6.20 Å². The average Bonchev–Trinajstić information content (AvgIpc) is 2.87. The maximum Gasteiger partial charge on any atom is 0.202 e. The van der Waals surface area contributed by atoms with Gasteiger partial charge in [0, 0.05) is 30.6 Å². The molecule has 4 heteroatoms. The Morgan fingerprint density at radius 2 is 2.64 bits per heavy atom. The molecule has 1 unspecified atom stereocenters. The molecule has 0 saturated carbocycles. The lowest BCUT2D eigenvalue weighted by molar-refractivity contribution is 0.0919. The van der Waals surface area contributed by atoms with Gasteiger partial charge < -0.3 is 4.57 Å². The summed E-state index contributed by atoms with van der Waals surface area (Å²) in [5, 5.41) is 0. The van der Waals surface area contributed by atoms with E-state index in [4.69, 9.17) is 0 Å². The number of imidazole rings is 1. The monoisotopic (exact) mass is 210 g/mol. The topological polar surface area (TPSA) is 34.9 Å². The number of ketones is 1. The van der Waals surface area contributed by atoms with Gasteiger partial charge in [-0.3, -0.25) is 4.79 Å². The first-order valence-electron chi connectivity index (χ1n) is 4.96. The van der Waals surface area contributed by atoms with Crippen LogP contribution in [0.2, 0.25) is 0 Å². The number of carbonyl (C=O) groups excluding carboxylic acids is 1. The second kappa shape index (κ2) is 4.17. The summed E-state index contributed by atoms with van der Waals surface area (Å²) in [7, 11) is 0. The fourth-order valence-electron chi connectivity index (χ4n) is 1.71. The zero-order chi connectivity index (χ0) is 9.97. The van der Waals surface area contributed by atoms with E-state index in [9.17, 15) is 4.79 Å². The molecule has 1 aliphatic rings. The Kier molecular flexibility index (Phi) is 2.91. The van der Waals surface area contributed by atoms with Crippen molar-refractivity contribution in [2.45, 2.75) is 19.9 Å². The Morgan fingerprint density at radius 1 is 1.79 bits per heavy atom. The number of Topliss-reactive ketones (excluding diaryl/α,β-unsaturated/α-hetero) is 1. The number of hydrogen-bond donors (Lipinski definition) is 0. The van der Waals surface area contributed by atoms with Gasteiger partial charge in [-0.1, -0.05) is 0 Å². The van der Waals surface area contributed by atoms with E-state index < -0.39 is 0 Å². The van der Waals surface area contributed by atoms with Gasteiger partial charge in [0.2, 0.25) is 5.78 Å².